The van der Waals surface area contributed by atoms with Crippen LogP contribution in [-0.2, 0) is 11.2 Å². The van der Waals surface area contributed by atoms with E-state index in [9.17, 15) is 9.90 Å². The molecule has 0 radical (unpaired) electrons. The zero-order chi connectivity index (χ0) is 27.6. The molecule has 3 aromatic rings. The van der Waals surface area contributed by atoms with Gasteiger partial charge in [0.25, 0.3) is 0 Å². The van der Waals surface area contributed by atoms with Gasteiger partial charge in [0.1, 0.15) is 12.1 Å². The van der Waals surface area contributed by atoms with Crippen molar-refractivity contribution in [2.75, 3.05) is 13.7 Å². The van der Waals surface area contributed by atoms with E-state index in [1.807, 2.05) is 13.8 Å². The first-order chi connectivity index (χ1) is 18.6. The van der Waals surface area contributed by atoms with Crippen LogP contribution in [0.1, 0.15) is 81.4 Å². The van der Waals surface area contributed by atoms with Crippen molar-refractivity contribution >= 4 is 17.1 Å². The fourth-order valence-electron chi connectivity index (χ4n) is 7.43. The maximum atomic E-state index is 12.0. The number of nitrogens with zero attached hydrogens (tertiary/aromatic N) is 2. The fourth-order valence-corrected chi connectivity index (χ4v) is 7.43. The number of rotatable bonds is 6. The average molecular weight is 531 g/mol. The van der Waals surface area contributed by atoms with Crippen LogP contribution in [0.4, 0.5) is 4.79 Å². The number of ether oxygens (including phenoxy) is 1. The molecule has 1 saturated heterocycles. The van der Waals surface area contributed by atoms with E-state index in [1.165, 1.54) is 43.1 Å². The predicted octanol–water partition coefficient (Wildman–Crippen LogP) is 6.06. The number of carbonyl (C=O) groups excluding carboxylic acids is 1. The molecule has 1 aromatic heterocycles. The summed E-state index contributed by atoms with van der Waals surface area (Å²) in [5, 5.41) is 14.4. The van der Waals surface area contributed by atoms with Gasteiger partial charge in [0.2, 0.25) is 0 Å². The van der Waals surface area contributed by atoms with Crippen LogP contribution in [0.5, 0.6) is 0 Å². The summed E-state index contributed by atoms with van der Waals surface area (Å²) >= 11 is 0. The van der Waals surface area contributed by atoms with Gasteiger partial charge in [-0.1, -0.05) is 45.9 Å². The highest BCUT2D eigenvalue weighted by Gasteiger charge is 2.45. The number of nitrogens with one attached hydrogen (secondary N) is 2. The number of alkyl carbamates (subject to hydrolysis) is 1. The molecule has 5 atom stereocenters. The number of carbonyl (C=O) groups is 1. The van der Waals surface area contributed by atoms with E-state index in [2.05, 4.69) is 66.3 Å². The molecule has 2 aromatic carbocycles. The minimum atomic E-state index is -0.870. The van der Waals surface area contributed by atoms with Crippen molar-refractivity contribution in [2.45, 2.75) is 84.5 Å². The summed E-state index contributed by atoms with van der Waals surface area (Å²) in [7, 11) is 1.35. The second-order valence-electron chi connectivity index (χ2n) is 13.2. The van der Waals surface area contributed by atoms with E-state index in [0.29, 0.717) is 6.54 Å². The van der Waals surface area contributed by atoms with Gasteiger partial charge in [0, 0.05) is 6.54 Å². The molecule has 1 saturated carbocycles. The summed E-state index contributed by atoms with van der Waals surface area (Å²) in [6.45, 7) is 11.4. The van der Waals surface area contributed by atoms with Crippen molar-refractivity contribution in [3.8, 4) is 11.1 Å². The lowest BCUT2D eigenvalue weighted by atomic mass is 9.73. The van der Waals surface area contributed by atoms with Crippen molar-refractivity contribution in [1.82, 2.24) is 20.2 Å². The van der Waals surface area contributed by atoms with Crippen LogP contribution in [0.15, 0.2) is 30.3 Å². The normalized spacial score (nSPS) is 25.3. The third kappa shape index (κ3) is 4.53. The van der Waals surface area contributed by atoms with E-state index in [-0.39, 0.29) is 17.4 Å². The third-order valence-electron chi connectivity index (χ3n) is 9.56. The standard InChI is InChI=1S/C32H42N4O3/c1-17(2)28(35-31(38)39-6)30(37)36-16-32(4,5)15-26(36)29-33-24-12-9-20(14-25(24)34-29)21-10-7-18(3)27-22-11-8-19(22)13-23(21)27/h7,9-10,12,14,17,19,22,26,28,30,37H,8,11,13,15-16H2,1-6H3,(H,33,34)(H,35,38)/t19?,22?,26-,28-,30?/m0/s1. The largest absolute Gasteiger partial charge is 0.453 e. The van der Waals surface area contributed by atoms with E-state index in [4.69, 9.17) is 9.72 Å². The number of methoxy groups -OCH3 is 1. The molecule has 3 aliphatic rings. The monoisotopic (exact) mass is 530 g/mol. The van der Waals surface area contributed by atoms with E-state index < -0.39 is 18.4 Å². The number of amides is 1. The number of aliphatic hydroxyl groups is 1. The van der Waals surface area contributed by atoms with Gasteiger partial charge in [-0.2, -0.15) is 0 Å². The van der Waals surface area contributed by atoms with Crippen molar-refractivity contribution in [3.63, 3.8) is 0 Å². The van der Waals surface area contributed by atoms with Gasteiger partial charge in [0.05, 0.1) is 30.2 Å². The van der Waals surface area contributed by atoms with Crippen LogP contribution in [-0.4, -0.2) is 52.0 Å². The Bertz CT molecular complexity index is 1410. The number of hydrogen-bond donors (Lipinski definition) is 3. The number of imidazole rings is 1. The molecule has 1 amide bonds. The Hall–Kier alpha value is -2.90. The number of aryl methyl sites for hydroxylation is 1. The summed E-state index contributed by atoms with van der Waals surface area (Å²) in [6, 6.07) is 10.6. The number of likely N-dealkylation sites (tertiary alicyclic amines) is 1. The van der Waals surface area contributed by atoms with Crippen LogP contribution >= 0.6 is 0 Å². The summed E-state index contributed by atoms with van der Waals surface area (Å²) in [5.41, 5.74) is 9.13. The zero-order valence-electron chi connectivity index (χ0n) is 24.0. The Morgan fingerprint density at radius 2 is 2.03 bits per heavy atom. The summed E-state index contributed by atoms with van der Waals surface area (Å²) in [5.74, 6) is 2.47. The smallest absolute Gasteiger partial charge is 0.407 e. The first kappa shape index (κ1) is 26.3. The Balaban J connectivity index is 1.33. The summed E-state index contributed by atoms with van der Waals surface area (Å²) in [6.07, 6.45) is 3.34. The van der Waals surface area contributed by atoms with Gasteiger partial charge in [-0.15, -0.1) is 0 Å². The Morgan fingerprint density at radius 1 is 1.23 bits per heavy atom. The van der Waals surface area contributed by atoms with Gasteiger partial charge in [-0.25, -0.2) is 9.78 Å². The minimum Gasteiger partial charge on any atom is -0.453 e. The SMILES string of the molecule is COC(=O)N[C@@H](C(C)C)C(O)N1CC(C)(C)C[C@H]1c1nc2ccc(-c3ccc(C)c4c3CC3CCC43)cc2[nH]1. The number of aromatic amines is 1. The van der Waals surface area contributed by atoms with Gasteiger partial charge in [-0.05, 0) is 95.7 Å². The van der Waals surface area contributed by atoms with Gasteiger partial charge >= 0.3 is 6.09 Å². The highest BCUT2D eigenvalue weighted by Crippen LogP contribution is 2.54. The van der Waals surface area contributed by atoms with Gasteiger partial charge in [-0.3, -0.25) is 4.90 Å². The average Bonchev–Trinajstić information content (AvgIpc) is 3.53. The maximum absolute atomic E-state index is 12.0. The Morgan fingerprint density at radius 3 is 2.72 bits per heavy atom. The number of fused-ring (bicyclic) bond motifs is 4. The molecule has 1 aliphatic heterocycles. The molecule has 2 heterocycles. The molecule has 2 aliphatic carbocycles. The van der Waals surface area contributed by atoms with Crippen LogP contribution in [0.2, 0.25) is 0 Å². The van der Waals surface area contributed by atoms with Crippen LogP contribution in [0.3, 0.4) is 0 Å². The molecular weight excluding hydrogens is 488 g/mol. The molecule has 2 fully saturated rings. The van der Waals surface area contributed by atoms with Crippen molar-refractivity contribution in [3.05, 3.63) is 52.8 Å². The number of H-pyrrole nitrogens is 1. The van der Waals surface area contributed by atoms with Crippen molar-refractivity contribution < 1.29 is 14.6 Å². The first-order valence-corrected chi connectivity index (χ1v) is 14.5. The number of hydrogen-bond acceptors (Lipinski definition) is 5. The second kappa shape index (κ2) is 9.63. The molecule has 39 heavy (non-hydrogen) atoms. The minimum absolute atomic E-state index is 0.00954. The Labute approximate surface area is 231 Å². The molecule has 7 heteroatoms. The molecule has 6 rings (SSSR count). The Kier molecular flexibility index (Phi) is 6.50. The number of aliphatic hydroxyl groups excluding tert-OH is 1. The number of aromatic nitrogens is 2. The van der Waals surface area contributed by atoms with Crippen LogP contribution in [0.25, 0.3) is 22.2 Å². The lowest BCUT2D eigenvalue weighted by Gasteiger charge is -2.36. The molecular formula is C32H42N4O3. The summed E-state index contributed by atoms with van der Waals surface area (Å²) < 4.78 is 4.83. The maximum Gasteiger partial charge on any atom is 0.407 e. The molecule has 208 valence electrons. The van der Waals surface area contributed by atoms with Crippen molar-refractivity contribution in [2.24, 2.45) is 17.3 Å². The first-order valence-electron chi connectivity index (χ1n) is 14.5. The highest BCUT2D eigenvalue weighted by molar-refractivity contribution is 5.83. The molecule has 0 spiro atoms. The molecule has 0 bridgehead atoms. The molecule has 7 nitrogen and oxygen atoms in total. The van der Waals surface area contributed by atoms with Crippen molar-refractivity contribution in [1.29, 1.82) is 0 Å². The van der Waals surface area contributed by atoms with Gasteiger partial charge in [0.15, 0.2) is 0 Å². The van der Waals surface area contributed by atoms with E-state index in [0.717, 1.165) is 35.1 Å². The second-order valence-corrected chi connectivity index (χ2v) is 13.2. The summed E-state index contributed by atoms with van der Waals surface area (Å²) in [4.78, 5) is 22.8. The van der Waals surface area contributed by atoms with Gasteiger partial charge < -0.3 is 20.1 Å². The van der Waals surface area contributed by atoms with Crippen LogP contribution in [0, 0.1) is 24.2 Å². The van der Waals surface area contributed by atoms with E-state index >= 15 is 0 Å². The zero-order valence-corrected chi connectivity index (χ0v) is 24.0. The molecule has 3 N–H and O–H groups in total. The topological polar surface area (TPSA) is 90.5 Å². The van der Waals surface area contributed by atoms with Crippen LogP contribution < -0.4 is 5.32 Å². The third-order valence-corrected chi connectivity index (χ3v) is 9.56. The number of benzene rings is 2. The van der Waals surface area contributed by atoms with E-state index in [1.54, 1.807) is 11.1 Å². The highest BCUT2D eigenvalue weighted by atomic mass is 16.5. The fraction of sp³-hybridized carbons (Fsp3) is 0.562. The molecule has 3 unspecified atom stereocenters. The quantitative estimate of drug-likeness (QED) is 0.360. The lowest BCUT2D eigenvalue weighted by Crippen LogP contribution is -2.54. The lowest BCUT2D eigenvalue weighted by molar-refractivity contribution is -0.0469. The predicted molar refractivity (Wildman–Crippen MR) is 153 cm³/mol.